The van der Waals surface area contributed by atoms with E-state index < -0.39 is 0 Å². The quantitative estimate of drug-likeness (QED) is 0.449. The number of carbonyl (C=O) groups excluding carboxylic acids is 1. The fraction of sp³-hybridized carbons (Fsp3) is 0.263. The van der Waals surface area contributed by atoms with E-state index in [9.17, 15) is 4.79 Å². The van der Waals surface area contributed by atoms with Crippen molar-refractivity contribution in [3.8, 4) is 0 Å². The van der Waals surface area contributed by atoms with E-state index in [0.29, 0.717) is 33.2 Å². The first-order valence-electron chi connectivity index (χ1n) is 8.99. The van der Waals surface area contributed by atoms with Crippen molar-refractivity contribution in [3.63, 3.8) is 0 Å². The van der Waals surface area contributed by atoms with E-state index in [1.165, 1.54) is 23.3 Å². The molecule has 2 N–H and O–H groups in total. The largest absolute Gasteiger partial charge is 0.465 e. The Morgan fingerprint density at radius 3 is 2.97 bits per heavy atom. The van der Waals surface area contributed by atoms with Gasteiger partial charge in [0.1, 0.15) is 11.3 Å². The molecule has 1 aromatic carbocycles. The number of rotatable bonds is 5. The van der Waals surface area contributed by atoms with Crippen LogP contribution in [0.2, 0.25) is 5.02 Å². The van der Waals surface area contributed by atoms with Gasteiger partial charge in [-0.1, -0.05) is 29.8 Å². The molecule has 10 heteroatoms. The molecule has 0 unspecified atom stereocenters. The number of anilines is 2. The van der Waals surface area contributed by atoms with Crippen molar-refractivity contribution < 1.29 is 9.53 Å². The number of esters is 1. The predicted octanol–water partition coefficient (Wildman–Crippen LogP) is 4.13. The number of hydrogen-bond donors (Lipinski definition) is 2. The van der Waals surface area contributed by atoms with Gasteiger partial charge < -0.3 is 10.1 Å². The Balaban J connectivity index is 1.44. The van der Waals surface area contributed by atoms with E-state index in [1.54, 1.807) is 11.0 Å². The van der Waals surface area contributed by atoms with Gasteiger partial charge in [-0.3, -0.25) is 5.32 Å². The minimum absolute atomic E-state index is 0.311. The lowest BCUT2D eigenvalue weighted by Gasteiger charge is -2.09. The third-order valence-electron chi connectivity index (χ3n) is 4.59. The predicted molar refractivity (Wildman–Crippen MR) is 118 cm³/mol. The lowest BCUT2D eigenvalue weighted by Crippen LogP contribution is -2.21. The number of benzene rings is 1. The van der Waals surface area contributed by atoms with Crippen LogP contribution in [0, 0.1) is 0 Å². The molecular weight excluding hydrogens is 430 g/mol. The maximum absolute atomic E-state index is 12.2. The number of nitrogens with one attached hydrogen (secondary N) is 2. The fourth-order valence-electron chi connectivity index (χ4n) is 3.28. The monoisotopic (exact) mass is 447 g/mol. The highest BCUT2D eigenvalue weighted by Crippen LogP contribution is 2.39. The zero-order valence-electron chi connectivity index (χ0n) is 15.6. The van der Waals surface area contributed by atoms with Gasteiger partial charge in [-0.25, -0.2) is 14.5 Å². The highest BCUT2D eigenvalue weighted by Gasteiger charge is 2.27. The van der Waals surface area contributed by atoms with Crippen LogP contribution in [0.4, 0.5) is 10.9 Å². The van der Waals surface area contributed by atoms with Gasteiger partial charge in [0.15, 0.2) is 5.11 Å². The average molecular weight is 448 g/mol. The molecule has 1 aliphatic rings. The molecule has 2 heterocycles. The van der Waals surface area contributed by atoms with Crippen molar-refractivity contribution >= 4 is 57.2 Å². The van der Waals surface area contributed by atoms with Gasteiger partial charge in [-0.2, -0.15) is 0 Å². The second kappa shape index (κ2) is 8.48. The lowest BCUT2D eigenvalue weighted by atomic mass is 10.1. The number of nitrogens with zero attached hydrogens (tertiary/aromatic N) is 3. The van der Waals surface area contributed by atoms with Crippen molar-refractivity contribution in [2.24, 2.45) is 0 Å². The SMILES string of the molecule is COC(=O)c1c(NC(=S)Nc2ncn(Cc3ccccc3Cl)n2)sc2c1CCC2. The van der Waals surface area contributed by atoms with Crippen LogP contribution in [-0.2, 0) is 24.1 Å². The first-order chi connectivity index (χ1) is 14.0. The van der Waals surface area contributed by atoms with Gasteiger partial charge >= 0.3 is 5.97 Å². The first-order valence-corrected chi connectivity index (χ1v) is 10.6. The summed E-state index contributed by atoms with van der Waals surface area (Å²) in [6.07, 6.45) is 4.51. The van der Waals surface area contributed by atoms with Crippen molar-refractivity contribution in [2.45, 2.75) is 25.8 Å². The van der Waals surface area contributed by atoms with Crippen LogP contribution >= 0.6 is 35.2 Å². The number of fused-ring (bicyclic) bond motifs is 1. The van der Waals surface area contributed by atoms with Crippen molar-refractivity contribution in [1.82, 2.24) is 14.8 Å². The third-order valence-corrected chi connectivity index (χ3v) is 6.37. The van der Waals surface area contributed by atoms with Crippen LogP contribution in [0.5, 0.6) is 0 Å². The number of thiocarbonyl (C=S) groups is 1. The van der Waals surface area contributed by atoms with Gasteiger partial charge in [0.25, 0.3) is 0 Å². The van der Waals surface area contributed by atoms with E-state index >= 15 is 0 Å². The molecule has 3 aromatic rings. The van der Waals surface area contributed by atoms with E-state index in [0.717, 1.165) is 30.4 Å². The maximum Gasteiger partial charge on any atom is 0.341 e. The number of aromatic nitrogens is 3. The van der Waals surface area contributed by atoms with E-state index in [2.05, 4.69) is 20.7 Å². The van der Waals surface area contributed by atoms with Crippen LogP contribution in [0.3, 0.4) is 0 Å². The van der Waals surface area contributed by atoms with Crippen molar-refractivity contribution in [2.75, 3.05) is 17.7 Å². The molecule has 0 saturated carbocycles. The van der Waals surface area contributed by atoms with Gasteiger partial charge in [0, 0.05) is 9.90 Å². The van der Waals surface area contributed by atoms with E-state index in [-0.39, 0.29) is 5.97 Å². The van der Waals surface area contributed by atoms with Crippen LogP contribution in [0.1, 0.15) is 32.8 Å². The average Bonchev–Trinajstić information content (AvgIpc) is 3.39. The summed E-state index contributed by atoms with van der Waals surface area (Å²) in [5.41, 5.74) is 2.59. The second-order valence-corrected chi connectivity index (χ2v) is 8.41. The number of halogens is 1. The highest BCUT2D eigenvalue weighted by atomic mass is 35.5. The molecule has 0 fully saturated rings. The normalized spacial score (nSPS) is 12.5. The fourth-order valence-corrected chi connectivity index (χ4v) is 5.01. The first kappa shape index (κ1) is 19.8. The van der Waals surface area contributed by atoms with Crippen LogP contribution in [0.25, 0.3) is 0 Å². The summed E-state index contributed by atoms with van der Waals surface area (Å²) in [4.78, 5) is 17.7. The molecule has 150 valence electrons. The highest BCUT2D eigenvalue weighted by molar-refractivity contribution is 7.80. The molecule has 29 heavy (non-hydrogen) atoms. The molecule has 0 radical (unpaired) electrons. The summed E-state index contributed by atoms with van der Waals surface area (Å²) >= 11 is 13.1. The minimum atomic E-state index is -0.350. The number of ether oxygens (including phenoxy) is 1. The number of methoxy groups -OCH3 is 1. The van der Waals surface area contributed by atoms with Crippen LogP contribution in [-0.4, -0.2) is 33.0 Å². The van der Waals surface area contributed by atoms with Crippen molar-refractivity contribution in [3.05, 3.63) is 57.2 Å². The topological polar surface area (TPSA) is 81.1 Å². The second-order valence-electron chi connectivity index (χ2n) is 6.49. The maximum atomic E-state index is 12.2. The Labute approximate surface area is 182 Å². The molecule has 0 aliphatic heterocycles. The molecule has 0 amide bonds. The molecular formula is C19H18ClN5O2S2. The summed E-state index contributed by atoms with van der Waals surface area (Å²) < 4.78 is 6.63. The molecule has 0 spiro atoms. The minimum Gasteiger partial charge on any atom is -0.465 e. The summed E-state index contributed by atoms with van der Waals surface area (Å²) in [5.74, 6) is 0.00936. The van der Waals surface area contributed by atoms with Gasteiger partial charge in [0.2, 0.25) is 5.95 Å². The molecule has 0 bridgehead atoms. The van der Waals surface area contributed by atoms with E-state index in [1.807, 2.05) is 24.3 Å². The van der Waals surface area contributed by atoms with Crippen molar-refractivity contribution in [1.29, 1.82) is 0 Å². The Kier molecular flexibility index (Phi) is 5.79. The van der Waals surface area contributed by atoms with E-state index in [4.69, 9.17) is 28.6 Å². The Hall–Kier alpha value is -2.49. The Bertz CT molecular complexity index is 1080. The molecule has 4 rings (SSSR count). The van der Waals surface area contributed by atoms with Crippen LogP contribution < -0.4 is 10.6 Å². The summed E-state index contributed by atoms with van der Waals surface area (Å²) in [7, 11) is 1.39. The summed E-state index contributed by atoms with van der Waals surface area (Å²) in [6.45, 7) is 0.499. The molecule has 2 aromatic heterocycles. The van der Waals surface area contributed by atoms with Gasteiger partial charge in [-0.05, 0) is 48.7 Å². The standard InChI is InChI=1S/C19H18ClN5O2S2/c1-27-17(26)15-12-6-4-8-14(12)29-16(15)22-19(28)23-18-21-10-25(24-18)9-11-5-2-3-7-13(11)20/h2-3,5,7,10H,4,6,8-9H2,1H3,(H2,22,23,24,28). The zero-order chi connectivity index (χ0) is 20.4. The number of aryl methyl sites for hydroxylation is 1. The molecule has 1 aliphatic carbocycles. The Morgan fingerprint density at radius 1 is 1.34 bits per heavy atom. The van der Waals surface area contributed by atoms with Gasteiger partial charge in [-0.15, -0.1) is 16.4 Å². The summed E-state index contributed by atoms with van der Waals surface area (Å²) in [5, 5.41) is 12.1. The lowest BCUT2D eigenvalue weighted by molar-refractivity contribution is 0.0601. The number of thiophene rings is 1. The smallest absolute Gasteiger partial charge is 0.341 e. The molecule has 0 atom stereocenters. The third kappa shape index (κ3) is 4.26. The summed E-state index contributed by atoms with van der Waals surface area (Å²) in [6, 6.07) is 7.58. The van der Waals surface area contributed by atoms with Gasteiger partial charge in [0.05, 0.1) is 19.2 Å². The van der Waals surface area contributed by atoms with Crippen LogP contribution in [0.15, 0.2) is 30.6 Å². The number of carbonyl (C=O) groups is 1. The molecule has 0 saturated heterocycles. The Morgan fingerprint density at radius 2 is 2.17 bits per heavy atom. The zero-order valence-corrected chi connectivity index (χ0v) is 18.0. The molecule has 7 nitrogen and oxygen atoms in total. The number of hydrogen-bond acceptors (Lipinski definition) is 6.